The molecule has 0 aromatic heterocycles. The fourth-order valence-electron chi connectivity index (χ4n) is 4.03. The van der Waals surface area contributed by atoms with Crippen LogP contribution in [0.1, 0.15) is 53.1 Å². The van der Waals surface area contributed by atoms with E-state index in [0.717, 1.165) is 61.8 Å². The lowest BCUT2D eigenvalue weighted by molar-refractivity contribution is 0.0832. The molecule has 1 saturated carbocycles. The van der Waals surface area contributed by atoms with Crippen LogP contribution in [0.15, 0.2) is 30.3 Å². The molecule has 2 fully saturated rings. The average molecular weight is 483 g/mol. The van der Waals surface area contributed by atoms with Crippen LogP contribution in [0.4, 0.5) is 4.39 Å². The number of likely N-dealkylation sites (tertiary alicyclic amines) is 1. The SMILES string of the molecule is CSNC(=O)c1cc(C2CC2)c(OC2CCCN(Cc3ccc(Cl)cc3Cl)C2)cc1F. The summed E-state index contributed by atoms with van der Waals surface area (Å²) in [5, 5.41) is 1.28. The largest absolute Gasteiger partial charge is 0.489 e. The molecule has 1 atom stereocenters. The second-order valence-corrected chi connectivity index (χ2v) is 9.59. The summed E-state index contributed by atoms with van der Waals surface area (Å²) >= 11 is 13.5. The number of amides is 1. The van der Waals surface area contributed by atoms with Crippen molar-refractivity contribution in [1.29, 1.82) is 0 Å². The van der Waals surface area contributed by atoms with E-state index >= 15 is 0 Å². The van der Waals surface area contributed by atoms with Crippen LogP contribution in [-0.4, -0.2) is 36.3 Å². The van der Waals surface area contributed by atoms with E-state index in [0.29, 0.717) is 28.3 Å². The predicted octanol–water partition coefficient (Wildman–Crippen LogP) is 6.06. The van der Waals surface area contributed by atoms with E-state index in [4.69, 9.17) is 27.9 Å². The highest BCUT2D eigenvalue weighted by molar-refractivity contribution is 7.97. The molecule has 2 aliphatic rings. The molecule has 8 heteroatoms. The average Bonchev–Trinajstić information content (AvgIpc) is 3.56. The first-order valence-corrected chi connectivity index (χ1v) is 12.4. The molecule has 1 N–H and O–H groups in total. The highest BCUT2D eigenvalue weighted by Crippen LogP contribution is 2.45. The van der Waals surface area contributed by atoms with Crippen LogP contribution >= 0.6 is 35.1 Å². The van der Waals surface area contributed by atoms with Crippen molar-refractivity contribution in [2.75, 3.05) is 19.3 Å². The van der Waals surface area contributed by atoms with E-state index in [2.05, 4.69) is 9.62 Å². The summed E-state index contributed by atoms with van der Waals surface area (Å²) in [6.07, 6.45) is 5.68. The lowest BCUT2D eigenvalue weighted by atomic mass is 10.0. The van der Waals surface area contributed by atoms with Crippen molar-refractivity contribution < 1.29 is 13.9 Å². The molecule has 1 aliphatic carbocycles. The van der Waals surface area contributed by atoms with Crippen LogP contribution < -0.4 is 9.46 Å². The third-order valence-corrected chi connectivity index (χ3v) is 6.70. The van der Waals surface area contributed by atoms with Gasteiger partial charge in [-0.3, -0.25) is 14.4 Å². The molecule has 0 radical (unpaired) electrons. The highest BCUT2D eigenvalue weighted by atomic mass is 35.5. The maximum Gasteiger partial charge on any atom is 0.264 e. The quantitative estimate of drug-likeness (QED) is 0.486. The van der Waals surface area contributed by atoms with Crippen molar-refractivity contribution in [1.82, 2.24) is 9.62 Å². The van der Waals surface area contributed by atoms with E-state index in [-0.39, 0.29) is 11.7 Å². The Morgan fingerprint density at radius 2 is 2.06 bits per heavy atom. The summed E-state index contributed by atoms with van der Waals surface area (Å²) < 4.78 is 23.6. The van der Waals surface area contributed by atoms with E-state index in [1.54, 1.807) is 18.4 Å². The van der Waals surface area contributed by atoms with Gasteiger partial charge in [0.05, 0.1) is 5.56 Å². The zero-order chi connectivity index (χ0) is 22.0. The minimum atomic E-state index is -0.549. The molecule has 2 aromatic carbocycles. The smallest absolute Gasteiger partial charge is 0.264 e. The van der Waals surface area contributed by atoms with E-state index in [9.17, 15) is 9.18 Å². The zero-order valence-electron chi connectivity index (χ0n) is 17.3. The third-order valence-electron chi connectivity index (χ3n) is 5.72. The monoisotopic (exact) mass is 482 g/mol. The summed E-state index contributed by atoms with van der Waals surface area (Å²) in [5.74, 6) is -0.0604. The van der Waals surface area contributed by atoms with Gasteiger partial charge in [0.1, 0.15) is 17.7 Å². The molecule has 1 aliphatic heterocycles. The minimum Gasteiger partial charge on any atom is -0.489 e. The van der Waals surface area contributed by atoms with Crippen LogP contribution in [0.2, 0.25) is 10.0 Å². The maximum atomic E-state index is 14.7. The Bertz CT molecular complexity index is 971. The number of hydrogen-bond acceptors (Lipinski definition) is 4. The number of nitrogens with zero attached hydrogens (tertiary/aromatic N) is 1. The molecule has 1 amide bonds. The van der Waals surface area contributed by atoms with Gasteiger partial charge in [-0.15, -0.1) is 0 Å². The van der Waals surface area contributed by atoms with Gasteiger partial charge in [0.25, 0.3) is 5.91 Å². The van der Waals surface area contributed by atoms with E-state index in [1.165, 1.54) is 6.07 Å². The number of benzene rings is 2. The van der Waals surface area contributed by atoms with Crippen molar-refractivity contribution in [2.24, 2.45) is 0 Å². The Labute approximate surface area is 196 Å². The zero-order valence-corrected chi connectivity index (χ0v) is 19.6. The standard InChI is InChI=1S/C23H25Cl2FN2O2S/c1-31-27-23(29)19-10-18(14-4-5-14)22(11-21(19)26)30-17-3-2-8-28(13-17)12-15-6-7-16(24)9-20(15)25/h6-7,9-11,14,17H,2-5,8,12-13H2,1H3,(H,27,29). The second kappa shape index (κ2) is 9.99. The predicted molar refractivity (Wildman–Crippen MR) is 125 cm³/mol. The normalized spacial score (nSPS) is 19.3. The van der Waals surface area contributed by atoms with Gasteiger partial charge in [-0.05, 0) is 67.5 Å². The van der Waals surface area contributed by atoms with Gasteiger partial charge >= 0.3 is 0 Å². The summed E-state index contributed by atoms with van der Waals surface area (Å²) in [4.78, 5) is 14.5. The van der Waals surface area contributed by atoms with Crippen LogP contribution in [-0.2, 0) is 6.54 Å². The minimum absolute atomic E-state index is 0.0393. The number of carbonyl (C=O) groups is 1. The van der Waals surface area contributed by atoms with E-state index in [1.807, 2.05) is 12.1 Å². The molecule has 31 heavy (non-hydrogen) atoms. The molecule has 0 bridgehead atoms. The van der Waals surface area contributed by atoms with Gasteiger partial charge in [0, 0.05) is 35.5 Å². The Morgan fingerprint density at radius 3 is 2.77 bits per heavy atom. The van der Waals surface area contributed by atoms with Gasteiger partial charge in [-0.2, -0.15) is 0 Å². The number of halogens is 3. The number of nitrogens with one attached hydrogen (secondary N) is 1. The molecule has 1 heterocycles. The number of piperidine rings is 1. The first kappa shape index (κ1) is 22.7. The van der Waals surface area contributed by atoms with Crippen LogP contribution in [0.25, 0.3) is 0 Å². The van der Waals surface area contributed by atoms with Crippen molar-refractivity contribution in [3.63, 3.8) is 0 Å². The third kappa shape index (κ3) is 5.67. The number of ether oxygens (including phenoxy) is 1. The van der Waals surface area contributed by atoms with Crippen LogP contribution in [0.3, 0.4) is 0 Å². The Kier molecular flexibility index (Phi) is 7.32. The summed E-state index contributed by atoms with van der Waals surface area (Å²) in [6, 6.07) is 8.61. The molecule has 4 nitrogen and oxygen atoms in total. The number of carbonyl (C=O) groups excluding carboxylic acids is 1. The fraction of sp³-hybridized carbons (Fsp3) is 0.435. The Morgan fingerprint density at radius 1 is 1.26 bits per heavy atom. The van der Waals surface area contributed by atoms with Gasteiger partial charge < -0.3 is 4.74 Å². The number of hydrogen-bond donors (Lipinski definition) is 1. The molecule has 2 aromatic rings. The van der Waals surface area contributed by atoms with Gasteiger partial charge in [-0.25, -0.2) is 4.39 Å². The maximum absolute atomic E-state index is 14.7. The molecule has 166 valence electrons. The molecule has 1 unspecified atom stereocenters. The van der Waals surface area contributed by atoms with Crippen molar-refractivity contribution in [3.05, 3.63) is 62.9 Å². The second-order valence-electron chi connectivity index (χ2n) is 8.13. The van der Waals surface area contributed by atoms with Crippen molar-refractivity contribution >= 4 is 41.1 Å². The van der Waals surface area contributed by atoms with Crippen LogP contribution in [0, 0.1) is 5.82 Å². The molecular weight excluding hydrogens is 458 g/mol. The summed E-state index contributed by atoms with van der Waals surface area (Å²) in [6.45, 7) is 2.41. The number of rotatable bonds is 7. The van der Waals surface area contributed by atoms with Crippen molar-refractivity contribution in [2.45, 2.75) is 44.2 Å². The molecule has 0 spiro atoms. The van der Waals surface area contributed by atoms with E-state index < -0.39 is 11.7 Å². The van der Waals surface area contributed by atoms with Gasteiger partial charge in [0.2, 0.25) is 0 Å². The lowest BCUT2D eigenvalue weighted by Gasteiger charge is -2.33. The lowest BCUT2D eigenvalue weighted by Crippen LogP contribution is -2.40. The Hall–Kier alpha value is -1.47. The van der Waals surface area contributed by atoms with Crippen LogP contribution in [0.5, 0.6) is 5.75 Å². The molecule has 1 saturated heterocycles. The van der Waals surface area contributed by atoms with Crippen molar-refractivity contribution in [3.8, 4) is 5.75 Å². The van der Waals surface area contributed by atoms with Gasteiger partial charge in [-0.1, -0.05) is 41.2 Å². The molecule has 4 rings (SSSR count). The highest BCUT2D eigenvalue weighted by Gasteiger charge is 2.31. The first-order chi connectivity index (χ1) is 14.9. The summed E-state index contributed by atoms with van der Waals surface area (Å²) in [7, 11) is 0. The Balaban J connectivity index is 1.48. The topological polar surface area (TPSA) is 41.6 Å². The molecular formula is C23H25Cl2FN2O2S. The summed E-state index contributed by atoms with van der Waals surface area (Å²) in [5.41, 5.74) is 2.04. The fourth-order valence-corrected chi connectivity index (χ4v) is 4.80. The van der Waals surface area contributed by atoms with Gasteiger partial charge in [0.15, 0.2) is 0 Å². The first-order valence-electron chi connectivity index (χ1n) is 10.4.